The van der Waals surface area contributed by atoms with Crippen molar-refractivity contribution >= 4 is 38.3 Å². The van der Waals surface area contributed by atoms with Gasteiger partial charge in [-0.3, -0.25) is 14.2 Å². The van der Waals surface area contributed by atoms with Crippen molar-refractivity contribution in [3.8, 4) is 0 Å². The third kappa shape index (κ3) is 4.24. The van der Waals surface area contributed by atoms with E-state index >= 15 is 0 Å². The van der Waals surface area contributed by atoms with Crippen LogP contribution in [0.25, 0.3) is 10.9 Å². The Morgan fingerprint density at radius 2 is 1.82 bits per heavy atom. The van der Waals surface area contributed by atoms with E-state index in [1.165, 1.54) is 11.8 Å². The van der Waals surface area contributed by atoms with E-state index in [0.717, 1.165) is 37.1 Å². The molecule has 1 atom stereocenters. The quantitative estimate of drug-likeness (QED) is 0.286. The van der Waals surface area contributed by atoms with E-state index in [0.29, 0.717) is 28.0 Å². The Bertz CT molecular complexity index is 1430. The average molecular weight is 500 g/mol. The summed E-state index contributed by atoms with van der Waals surface area (Å²) in [6.45, 7) is 3.81. The zero-order valence-corrected chi connectivity index (χ0v) is 21.1. The number of ketones is 1. The lowest BCUT2D eigenvalue weighted by atomic mass is 10.2. The first kappa shape index (κ1) is 23.4. The third-order valence-corrected chi connectivity index (χ3v) is 9.86. The van der Waals surface area contributed by atoms with Crippen molar-refractivity contribution in [1.82, 2.24) is 14.1 Å². The molecule has 1 saturated carbocycles. The fraction of sp³-hybridized carbons (Fsp3) is 0.480. The van der Waals surface area contributed by atoms with Gasteiger partial charge >= 0.3 is 0 Å². The third-order valence-electron chi connectivity index (χ3n) is 7.16. The molecular formula is C25H29N3O4S2. The summed E-state index contributed by atoms with van der Waals surface area (Å²) in [6, 6.07) is 9.24. The Balaban J connectivity index is 1.43. The van der Waals surface area contributed by atoms with E-state index in [1.54, 1.807) is 4.57 Å². The summed E-state index contributed by atoms with van der Waals surface area (Å²) in [5, 5.41) is 1.21. The zero-order valence-electron chi connectivity index (χ0n) is 19.5. The molecule has 3 heterocycles. The fourth-order valence-corrected chi connectivity index (χ4v) is 8.17. The van der Waals surface area contributed by atoms with Gasteiger partial charge in [0.25, 0.3) is 5.56 Å². The lowest BCUT2D eigenvalue weighted by molar-refractivity contribution is 0.102. The number of hydrogen-bond acceptors (Lipinski definition) is 6. The van der Waals surface area contributed by atoms with Crippen LogP contribution < -0.4 is 5.56 Å². The fourth-order valence-electron chi connectivity index (χ4n) is 5.52. The molecule has 1 unspecified atom stereocenters. The van der Waals surface area contributed by atoms with Gasteiger partial charge in [-0.05, 0) is 51.3 Å². The number of thioether (sulfide) groups is 1. The maximum absolute atomic E-state index is 13.3. The van der Waals surface area contributed by atoms with Crippen molar-refractivity contribution in [2.75, 3.05) is 17.3 Å². The first-order valence-electron chi connectivity index (χ1n) is 11.8. The number of carbonyl (C=O) groups is 1. The largest absolute Gasteiger partial charge is 0.344 e. The van der Waals surface area contributed by atoms with Gasteiger partial charge in [0.05, 0.1) is 28.2 Å². The monoisotopic (exact) mass is 499 g/mol. The number of sulfone groups is 1. The number of Topliss-reactive ketones (excluding diaryl/α,β-unsaturated/α-hetero) is 1. The predicted molar refractivity (Wildman–Crippen MR) is 135 cm³/mol. The van der Waals surface area contributed by atoms with Crippen LogP contribution in [0.1, 0.15) is 65.9 Å². The van der Waals surface area contributed by atoms with E-state index in [1.807, 2.05) is 48.7 Å². The Kier molecular flexibility index (Phi) is 6.18. The summed E-state index contributed by atoms with van der Waals surface area (Å²) in [6.07, 6.45) is 4.67. The summed E-state index contributed by atoms with van der Waals surface area (Å²) in [5.41, 5.74) is 2.94. The molecule has 1 saturated heterocycles. The molecule has 1 aliphatic heterocycles. The Hall–Kier alpha value is -2.39. The number of fused-ring (bicyclic) bond motifs is 1. The Labute approximate surface area is 203 Å². The van der Waals surface area contributed by atoms with E-state index in [-0.39, 0.29) is 40.7 Å². The van der Waals surface area contributed by atoms with Crippen LogP contribution in [0.4, 0.5) is 0 Å². The molecule has 1 aromatic carbocycles. The van der Waals surface area contributed by atoms with Crippen molar-refractivity contribution in [3.63, 3.8) is 0 Å². The highest BCUT2D eigenvalue weighted by molar-refractivity contribution is 7.99. The molecule has 5 rings (SSSR count). The number of aryl methyl sites for hydroxylation is 1. The van der Waals surface area contributed by atoms with Crippen molar-refractivity contribution in [3.05, 3.63) is 57.6 Å². The van der Waals surface area contributed by atoms with Crippen LogP contribution in [0.3, 0.4) is 0 Å². The molecule has 0 N–H and O–H groups in total. The average Bonchev–Trinajstić information content (AvgIpc) is 3.51. The van der Waals surface area contributed by atoms with Crippen LogP contribution in [0.2, 0.25) is 0 Å². The molecular weight excluding hydrogens is 470 g/mol. The van der Waals surface area contributed by atoms with E-state index in [2.05, 4.69) is 0 Å². The van der Waals surface area contributed by atoms with Gasteiger partial charge in [0.15, 0.2) is 20.8 Å². The summed E-state index contributed by atoms with van der Waals surface area (Å²) < 4.78 is 27.8. The van der Waals surface area contributed by atoms with Gasteiger partial charge in [-0.25, -0.2) is 13.4 Å². The van der Waals surface area contributed by atoms with E-state index in [9.17, 15) is 18.0 Å². The molecule has 34 heavy (non-hydrogen) atoms. The maximum atomic E-state index is 13.3. The standard InChI is InChI=1S/C25H29N3O4S2/c1-16-13-21(17(2)27(16)19-11-12-34(31,32)15-19)23(29)14-33-25-26-22-10-6-5-9-20(22)24(30)28(25)18-7-3-4-8-18/h5-6,9-10,13,18-19H,3-4,7-8,11-12,14-15H2,1-2H3. The van der Waals surface area contributed by atoms with Gasteiger partial charge in [0, 0.05) is 29.0 Å². The van der Waals surface area contributed by atoms with E-state index < -0.39 is 9.84 Å². The second-order valence-electron chi connectivity index (χ2n) is 9.45. The molecule has 0 radical (unpaired) electrons. The number of hydrogen-bond donors (Lipinski definition) is 0. The van der Waals surface area contributed by atoms with Gasteiger partial charge in [0.1, 0.15) is 0 Å². The van der Waals surface area contributed by atoms with Gasteiger partial charge in [-0.15, -0.1) is 0 Å². The molecule has 0 amide bonds. The molecule has 0 bridgehead atoms. The SMILES string of the molecule is Cc1cc(C(=O)CSc2nc3ccccc3c(=O)n2C2CCCC2)c(C)n1C1CCS(=O)(=O)C1. The van der Waals surface area contributed by atoms with Crippen LogP contribution in [0, 0.1) is 13.8 Å². The normalized spacial score (nSPS) is 20.4. The van der Waals surface area contributed by atoms with Crippen molar-refractivity contribution < 1.29 is 13.2 Å². The molecule has 180 valence electrons. The van der Waals surface area contributed by atoms with Crippen LogP contribution in [0.15, 0.2) is 40.3 Å². The van der Waals surface area contributed by atoms with Crippen LogP contribution in [0.5, 0.6) is 0 Å². The molecule has 3 aromatic rings. The molecule has 7 nitrogen and oxygen atoms in total. The number of benzene rings is 1. The number of rotatable bonds is 6. The smallest absolute Gasteiger partial charge is 0.262 e. The molecule has 2 fully saturated rings. The molecule has 9 heteroatoms. The number of para-hydroxylation sites is 1. The summed E-state index contributed by atoms with van der Waals surface area (Å²) in [4.78, 5) is 31.4. The first-order valence-corrected chi connectivity index (χ1v) is 14.6. The summed E-state index contributed by atoms with van der Waals surface area (Å²) in [7, 11) is -3.02. The summed E-state index contributed by atoms with van der Waals surface area (Å²) in [5.74, 6) is 0.455. The minimum absolute atomic E-state index is 0.0342. The molecule has 1 aliphatic carbocycles. The van der Waals surface area contributed by atoms with Gasteiger partial charge in [0.2, 0.25) is 0 Å². The second kappa shape index (κ2) is 9.00. The highest BCUT2D eigenvalue weighted by atomic mass is 32.2. The number of aromatic nitrogens is 3. The number of carbonyl (C=O) groups excluding carboxylic acids is 1. The zero-order chi connectivity index (χ0) is 24.0. The van der Waals surface area contributed by atoms with Crippen molar-refractivity contribution in [2.45, 2.75) is 63.2 Å². The lowest BCUT2D eigenvalue weighted by Crippen LogP contribution is -2.26. The minimum Gasteiger partial charge on any atom is -0.344 e. The number of nitrogens with zero attached hydrogens (tertiary/aromatic N) is 3. The van der Waals surface area contributed by atoms with Crippen molar-refractivity contribution in [1.29, 1.82) is 0 Å². The van der Waals surface area contributed by atoms with Crippen LogP contribution >= 0.6 is 11.8 Å². The predicted octanol–water partition coefficient (Wildman–Crippen LogP) is 4.26. The summed E-state index contributed by atoms with van der Waals surface area (Å²) >= 11 is 1.32. The minimum atomic E-state index is -3.02. The Morgan fingerprint density at radius 1 is 1.09 bits per heavy atom. The Morgan fingerprint density at radius 3 is 2.53 bits per heavy atom. The molecule has 0 spiro atoms. The second-order valence-corrected chi connectivity index (χ2v) is 12.6. The van der Waals surface area contributed by atoms with Crippen LogP contribution in [-0.2, 0) is 9.84 Å². The lowest BCUT2D eigenvalue weighted by Gasteiger charge is -2.18. The van der Waals surface area contributed by atoms with Gasteiger partial charge < -0.3 is 4.57 Å². The maximum Gasteiger partial charge on any atom is 0.262 e. The molecule has 2 aromatic heterocycles. The van der Waals surface area contributed by atoms with Crippen LogP contribution in [-0.4, -0.2) is 45.6 Å². The first-order chi connectivity index (χ1) is 16.2. The molecule has 2 aliphatic rings. The van der Waals surface area contributed by atoms with Gasteiger partial charge in [-0.2, -0.15) is 0 Å². The van der Waals surface area contributed by atoms with E-state index in [4.69, 9.17) is 4.98 Å². The van der Waals surface area contributed by atoms with Crippen molar-refractivity contribution in [2.24, 2.45) is 0 Å². The topological polar surface area (TPSA) is 91.0 Å². The van der Waals surface area contributed by atoms with Gasteiger partial charge in [-0.1, -0.05) is 36.7 Å². The highest BCUT2D eigenvalue weighted by Gasteiger charge is 2.32. The highest BCUT2D eigenvalue weighted by Crippen LogP contribution is 2.33.